The molecule has 0 aliphatic carbocycles. The zero-order valence-corrected chi connectivity index (χ0v) is 13.0. The summed E-state index contributed by atoms with van der Waals surface area (Å²) >= 11 is 0. The Balaban J connectivity index is 1.81. The van der Waals surface area contributed by atoms with E-state index in [0.29, 0.717) is 6.54 Å². The van der Waals surface area contributed by atoms with Crippen LogP contribution in [0.5, 0.6) is 0 Å². The van der Waals surface area contributed by atoms with Crippen molar-refractivity contribution in [1.82, 2.24) is 5.32 Å². The summed E-state index contributed by atoms with van der Waals surface area (Å²) in [6.45, 7) is 1.87. The summed E-state index contributed by atoms with van der Waals surface area (Å²) in [7, 11) is 0. The lowest BCUT2D eigenvalue weighted by Crippen LogP contribution is -2.28. The maximum Gasteiger partial charge on any atom is 0.338 e. The van der Waals surface area contributed by atoms with Gasteiger partial charge in [0.2, 0.25) is 0 Å². The number of nitro benzene ring substituents is 1. The molecule has 2 aromatic carbocycles. The van der Waals surface area contributed by atoms with Crippen LogP contribution < -0.4 is 5.32 Å². The van der Waals surface area contributed by atoms with Gasteiger partial charge in [0, 0.05) is 18.7 Å². The van der Waals surface area contributed by atoms with Crippen LogP contribution in [0.15, 0.2) is 48.5 Å². The molecule has 0 saturated carbocycles. The zero-order valence-electron chi connectivity index (χ0n) is 13.0. The lowest BCUT2D eigenvalue weighted by molar-refractivity contribution is -0.384. The van der Waals surface area contributed by atoms with E-state index < -0.39 is 23.4 Å². The first-order valence-electron chi connectivity index (χ1n) is 7.20. The molecule has 0 spiro atoms. The molecule has 0 heterocycles. The lowest BCUT2D eigenvalue weighted by Gasteiger charge is -2.08. The summed E-state index contributed by atoms with van der Waals surface area (Å²) < 4.78 is 4.89. The van der Waals surface area contributed by atoms with Gasteiger partial charge in [0.05, 0.1) is 10.5 Å². The van der Waals surface area contributed by atoms with Gasteiger partial charge in [-0.05, 0) is 30.2 Å². The summed E-state index contributed by atoms with van der Waals surface area (Å²) in [5.41, 5.74) is 2.06. The predicted octanol–water partition coefficient (Wildman–Crippen LogP) is 2.38. The minimum absolute atomic E-state index is 0.123. The predicted molar refractivity (Wildman–Crippen MR) is 86.4 cm³/mol. The smallest absolute Gasteiger partial charge is 0.338 e. The number of esters is 1. The standard InChI is InChI=1S/C17H16N2O5/c1-12-4-2-3-5-14(12)10-18-16(20)11-24-17(21)13-6-8-15(9-7-13)19(22)23/h2-9H,10-11H2,1H3,(H,18,20). The SMILES string of the molecule is Cc1ccccc1CNC(=O)COC(=O)c1ccc([N+](=O)[O-])cc1. The van der Waals surface area contributed by atoms with Crippen LogP contribution in [0.3, 0.4) is 0 Å². The van der Waals surface area contributed by atoms with Crippen molar-refractivity contribution in [2.45, 2.75) is 13.5 Å². The Hall–Kier alpha value is -3.22. The Labute approximate surface area is 138 Å². The quantitative estimate of drug-likeness (QED) is 0.499. The Morgan fingerprint density at radius 3 is 2.42 bits per heavy atom. The van der Waals surface area contributed by atoms with Crippen LogP contribution in [0.2, 0.25) is 0 Å². The number of amides is 1. The Kier molecular flexibility index (Phi) is 5.62. The number of benzene rings is 2. The summed E-state index contributed by atoms with van der Waals surface area (Å²) in [4.78, 5) is 33.5. The molecule has 1 amide bonds. The summed E-state index contributed by atoms with van der Waals surface area (Å²) in [6.07, 6.45) is 0. The van der Waals surface area contributed by atoms with Crippen molar-refractivity contribution in [1.29, 1.82) is 0 Å². The highest BCUT2D eigenvalue weighted by Gasteiger charge is 2.12. The first kappa shape index (κ1) is 17.1. The fraction of sp³-hybridized carbons (Fsp3) is 0.176. The van der Waals surface area contributed by atoms with Crippen LogP contribution >= 0.6 is 0 Å². The van der Waals surface area contributed by atoms with Gasteiger partial charge in [-0.3, -0.25) is 14.9 Å². The fourth-order valence-corrected chi connectivity index (χ4v) is 1.99. The molecule has 0 bridgehead atoms. The summed E-state index contributed by atoms with van der Waals surface area (Å²) in [6, 6.07) is 12.6. The third-order valence-corrected chi connectivity index (χ3v) is 3.39. The molecule has 0 saturated heterocycles. The van der Waals surface area contributed by atoms with E-state index in [1.165, 1.54) is 24.3 Å². The Bertz CT molecular complexity index is 756. The lowest BCUT2D eigenvalue weighted by atomic mass is 10.1. The Morgan fingerprint density at radius 1 is 1.12 bits per heavy atom. The van der Waals surface area contributed by atoms with Crippen molar-refractivity contribution in [2.75, 3.05) is 6.61 Å². The van der Waals surface area contributed by atoms with Gasteiger partial charge >= 0.3 is 5.97 Å². The zero-order chi connectivity index (χ0) is 17.5. The van der Waals surface area contributed by atoms with Gasteiger partial charge in [0.1, 0.15) is 0 Å². The average Bonchev–Trinajstić information content (AvgIpc) is 2.59. The summed E-state index contributed by atoms with van der Waals surface area (Å²) in [5, 5.41) is 13.2. The van der Waals surface area contributed by atoms with Crippen LogP contribution in [0, 0.1) is 17.0 Å². The fourth-order valence-electron chi connectivity index (χ4n) is 1.99. The molecule has 0 fully saturated rings. The van der Waals surface area contributed by atoms with E-state index in [9.17, 15) is 19.7 Å². The van der Waals surface area contributed by atoms with Gasteiger partial charge in [-0.25, -0.2) is 4.79 Å². The number of nitro groups is 1. The van der Waals surface area contributed by atoms with E-state index >= 15 is 0 Å². The van der Waals surface area contributed by atoms with Gasteiger partial charge in [0.15, 0.2) is 6.61 Å². The minimum Gasteiger partial charge on any atom is -0.452 e. The van der Waals surface area contributed by atoms with Crippen molar-refractivity contribution in [3.63, 3.8) is 0 Å². The van der Waals surface area contributed by atoms with E-state index in [4.69, 9.17) is 4.74 Å². The van der Waals surface area contributed by atoms with E-state index in [0.717, 1.165) is 11.1 Å². The molecule has 0 aromatic heterocycles. The van der Waals surface area contributed by atoms with E-state index in [1.54, 1.807) is 0 Å². The number of rotatable bonds is 6. The second kappa shape index (κ2) is 7.87. The van der Waals surface area contributed by atoms with Gasteiger partial charge in [-0.1, -0.05) is 24.3 Å². The van der Waals surface area contributed by atoms with E-state index in [2.05, 4.69) is 5.32 Å². The topological polar surface area (TPSA) is 98.5 Å². The molecule has 2 rings (SSSR count). The molecular weight excluding hydrogens is 312 g/mol. The van der Waals surface area contributed by atoms with E-state index in [1.807, 2.05) is 31.2 Å². The highest BCUT2D eigenvalue weighted by atomic mass is 16.6. The second-order valence-electron chi connectivity index (χ2n) is 5.08. The van der Waals surface area contributed by atoms with Gasteiger partial charge in [0.25, 0.3) is 11.6 Å². The first-order chi connectivity index (χ1) is 11.5. The number of carbonyl (C=O) groups excluding carboxylic acids is 2. The minimum atomic E-state index is -0.712. The van der Waals surface area contributed by atoms with Crippen LogP contribution in [-0.4, -0.2) is 23.4 Å². The molecule has 2 aromatic rings. The van der Waals surface area contributed by atoms with Crippen molar-refractivity contribution in [3.05, 3.63) is 75.3 Å². The molecule has 1 N–H and O–H groups in total. The largest absolute Gasteiger partial charge is 0.452 e. The van der Waals surface area contributed by atoms with Crippen LogP contribution in [0.25, 0.3) is 0 Å². The second-order valence-corrected chi connectivity index (χ2v) is 5.08. The third kappa shape index (κ3) is 4.64. The molecule has 0 aliphatic heterocycles. The molecule has 124 valence electrons. The van der Waals surface area contributed by atoms with Crippen LogP contribution in [0.4, 0.5) is 5.69 Å². The number of ether oxygens (including phenoxy) is 1. The maximum atomic E-state index is 11.8. The maximum absolute atomic E-state index is 11.8. The molecule has 0 atom stereocenters. The molecule has 0 radical (unpaired) electrons. The molecule has 7 heteroatoms. The number of nitrogens with zero attached hydrogens (tertiary/aromatic N) is 1. The molecular formula is C17H16N2O5. The third-order valence-electron chi connectivity index (χ3n) is 3.39. The first-order valence-corrected chi connectivity index (χ1v) is 7.20. The number of hydrogen-bond acceptors (Lipinski definition) is 5. The monoisotopic (exact) mass is 328 g/mol. The normalized spacial score (nSPS) is 10.0. The van der Waals surface area contributed by atoms with E-state index in [-0.39, 0.29) is 11.3 Å². The van der Waals surface area contributed by atoms with Gasteiger partial charge < -0.3 is 10.1 Å². The van der Waals surface area contributed by atoms with Crippen molar-refractivity contribution in [3.8, 4) is 0 Å². The van der Waals surface area contributed by atoms with Crippen molar-refractivity contribution < 1.29 is 19.2 Å². The average molecular weight is 328 g/mol. The number of non-ortho nitro benzene ring substituents is 1. The molecule has 0 aliphatic rings. The van der Waals surface area contributed by atoms with Crippen LogP contribution in [-0.2, 0) is 16.1 Å². The van der Waals surface area contributed by atoms with Gasteiger partial charge in [-0.15, -0.1) is 0 Å². The molecule has 7 nitrogen and oxygen atoms in total. The number of hydrogen-bond donors (Lipinski definition) is 1. The number of nitrogens with one attached hydrogen (secondary N) is 1. The number of aryl methyl sites for hydroxylation is 1. The Morgan fingerprint density at radius 2 is 1.79 bits per heavy atom. The summed E-state index contributed by atoms with van der Waals surface area (Å²) in [5.74, 6) is -1.13. The van der Waals surface area contributed by atoms with Crippen molar-refractivity contribution >= 4 is 17.6 Å². The number of carbonyl (C=O) groups is 2. The van der Waals surface area contributed by atoms with Crippen molar-refractivity contribution in [2.24, 2.45) is 0 Å². The molecule has 0 unspecified atom stereocenters. The van der Waals surface area contributed by atoms with Gasteiger partial charge in [-0.2, -0.15) is 0 Å². The van der Waals surface area contributed by atoms with Crippen LogP contribution in [0.1, 0.15) is 21.5 Å². The highest BCUT2D eigenvalue weighted by Crippen LogP contribution is 2.12. The highest BCUT2D eigenvalue weighted by molar-refractivity contribution is 5.91. The molecule has 24 heavy (non-hydrogen) atoms.